The summed E-state index contributed by atoms with van der Waals surface area (Å²) in [5.41, 5.74) is 7.81. The summed E-state index contributed by atoms with van der Waals surface area (Å²) in [7, 11) is 0. The Morgan fingerprint density at radius 3 is 2.51 bits per heavy atom. The minimum absolute atomic E-state index is 0.122. The normalized spacial score (nSPS) is 15.6. The van der Waals surface area contributed by atoms with Gasteiger partial charge in [0.05, 0.1) is 11.6 Å². The molecule has 184 valence electrons. The van der Waals surface area contributed by atoms with E-state index < -0.39 is 11.7 Å². The molecule has 1 aliphatic rings. The zero-order valence-corrected chi connectivity index (χ0v) is 19.3. The van der Waals surface area contributed by atoms with Crippen molar-refractivity contribution in [3.05, 3.63) is 82.9 Å². The number of hydrogen-bond acceptors (Lipinski definition) is 5. The lowest BCUT2D eigenvalue weighted by Gasteiger charge is -2.21. The highest BCUT2D eigenvalue weighted by Crippen LogP contribution is 2.34. The molecule has 9 heteroatoms. The Balaban J connectivity index is 1.48. The van der Waals surface area contributed by atoms with E-state index >= 15 is 0 Å². The maximum Gasteiger partial charge on any atom is 0.416 e. The molecule has 0 spiro atoms. The minimum Gasteiger partial charge on any atom is -0.381 e. The first-order valence-corrected chi connectivity index (χ1v) is 11.5. The third-order valence-electron chi connectivity index (χ3n) is 6.22. The van der Waals surface area contributed by atoms with Crippen LogP contribution in [0.2, 0.25) is 0 Å². The lowest BCUT2D eigenvalue weighted by atomic mass is 9.95. The van der Waals surface area contributed by atoms with E-state index in [2.05, 4.69) is 15.3 Å². The number of benzene rings is 2. The summed E-state index contributed by atoms with van der Waals surface area (Å²) in [5, 5.41) is 2.93. The van der Waals surface area contributed by atoms with E-state index in [1.807, 2.05) is 6.92 Å². The summed E-state index contributed by atoms with van der Waals surface area (Å²) in [6.45, 7) is 3.27. The zero-order valence-electron chi connectivity index (χ0n) is 19.3. The molecule has 1 saturated heterocycles. The van der Waals surface area contributed by atoms with Crippen LogP contribution in [0, 0.1) is 0 Å². The molecular formula is C26H27F3N4O2. The third-order valence-corrected chi connectivity index (χ3v) is 6.22. The van der Waals surface area contributed by atoms with Gasteiger partial charge >= 0.3 is 6.18 Å². The number of nitrogens with zero attached hydrogens (tertiary/aromatic N) is 2. The van der Waals surface area contributed by atoms with Gasteiger partial charge in [0.1, 0.15) is 11.5 Å². The van der Waals surface area contributed by atoms with Gasteiger partial charge < -0.3 is 15.8 Å². The molecule has 0 aliphatic carbocycles. The van der Waals surface area contributed by atoms with Crippen LogP contribution in [-0.2, 0) is 17.5 Å². The van der Waals surface area contributed by atoms with E-state index in [1.165, 1.54) is 6.07 Å². The van der Waals surface area contributed by atoms with Gasteiger partial charge in [-0.1, -0.05) is 30.3 Å². The molecule has 4 rings (SSSR count). The second kappa shape index (κ2) is 10.5. The van der Waals surface area contributed by atoms with Crippen LogP contribution in [0.3, 0.4) is 0 Å². The number of aromatic nitrogens is 2. The molecule has 0 bridgehead atoms. The maximum atomic E-state index is 13.2. The number of halogens is 3. The Morgan fingerprint density at radius 2 is 1.86 bits per heavy atom. The van der Waals surface area contributed by atoms with E-state index in [0.717, 1.165) is 30.5 Å². The topological polar surface area (TPSA) is 90.1 Å². The standard InChI is InChI=1S/C26H27F3N4O2/c1-16(32-25(34)23-8-11-31-24(33-23)19-9-12-35-13-10-19)17-2-4-18(5-3-17)22-14-21(26(27,28)29)7-6-20(22)15-30/h2-8,11,14,16,19H,9-10,12-13,15,30H2,1H3,(H,32,34)/t16-/m1/s1. The smallest absolute Gasteiger partial charge is 0.381 e. The first kappa shape index (κ1) is 24.8. The maximum absolute atomic E-state index is 13.2. The molecular weight excluding hydrogens is 457 g/mol. The summed E-state index contributed by atoms with van der Waals surface area (Å²) in [5.74, 6) is 0.506. The summed E-state index contributed by atoms with van der Waals surface area (Å²) in [4.78, 5) is 21.6. The zero-order chi connectivity index (χ0) is 25.0. The molecule has 6 nitrogen and oxygen atoms in total. The molecule has 2 aromatic carbocycles. The van der Waals surface area contributed by atoms with Crippen molar-refractivity contribution in [1.82, 2.24) is 15.3 Å². The number of nitrogens with two attached hydrogens (primary N) is 1. The predicted molar refractivity (Wildman–Crippen MR) is 125 cm³/mol. The highest BCUT2D eigenvalue weighted by molar-refractivity contribution is 5.92. The van der Waals surface area contributed by atoms with Crippen molar-refractivity contribution in [1.29, 1.82) is 0 Å². The van der Waals surface area contributed by atoms with Crippen LogP contribution in [-0.4, -0.2) is 29.1 Å². The molecule has 3 aromatic rings. The van der Waals surface area contributed by atoms with Gasteiger partial charge in [0.15, 0.2) is 0 Å². The molecule has 0 radical (unpaired) electrons. The van der Waals surface area contributed by atoms with Crippen LogP contribution in [0.15, 0.2) is 54.7 Å². The van der Waals surface area contributed by atoms with Crippen molar-refractivity contribution < 1.29 is 22.7 Å². The number of nitrogens with one attached hydrogen (secondary N) is 1. The summed E-state index contributed by atoms with van der Waals surface area (Å²) >= 11 is 0. The van der Waals surface area contributed by atoms with Crippen molar-refractivity contribution in [2.45, 2.75) is 44.4 Å². The quantitative estimate of drug-likeness (QED) is 0.514. The fourth-order valence-corrected chi connectivity index (χ4v) is 4.16. The van der Waals surface area contributed by atoms with E-state index in [1.54, 1.807) is 36.5 Å². The molecule has 0 unspecified atom stereocenters. The van der Waals surface area contributed by atoms with E-state index in [-0.39, 0.29) is 24.4 Å². The lowest BCUT2D eigenvalue weighted by molar-refractivity contribution is -0.137. The van der Waals surface area contributed by atoms with Crippen molar-refractivity contribution in [2.75, 3.05) is 13.2 Å². The van der Waals surface area contributed by atoms with E-state index in [0.29, 0.717) is 41.4 Å². The molecule has 1 aromatic heterocycles. The van der Waals surface area contributed by atoms with Crippen LogP contribution in [0.25, 0.3) is 11.1 Å². The average Bonchev–Trinajstić information content (AvgIpc) is 2.88. The summed E-state index contributed by atoms with van der Waals surface area (Å²) < 4.78 is 45.0. The van der Waals surface area contributed by atoms with Crippen LogP contribution < -0.4 is 11.1 Å². The fourth-order valence-electron chi connectivity index (χ4n) is 4.16. The van der Waals surface area contributed by atoms with Gasteiger partial charge in [0.25, 0.3) is 5.91 Å². The summed E-state index contributed by atoms with van der Waals surface area (Å²) in [6, 6.07) is 11.9. The summed E-state index contributed by atoms with van der Waals surface area (Å²) in [6.07, 6.45) is -1.19. The van der Waals surface area contributed by atoms with E-state index in [9.17, 15) is 18.0 Å². The molecule has 2 heterocycles. The minimum atomic E-state index is -4.44. The van der Waals surface area contributed by atoms with Crippen molar-refractivity contribution >= 4 is 5.91 Å². The first-order valence-electron chi connectivity index (χ1n) is 11.5. The second-order valence-electron chi connectivity index (χ2n) is 8.58. The molecule has 3 N–H and O–H groups in total. The Hall–Kier alpha value is -3.30. The number of amides is 1. The Bertz CT molecular complexity index is 1180. The number of alkyl halides is 3. The number of ether oxygens (including phenoxy) is 1. The third kappa shape index (κ3) is 5.86. The molecule has 1 fully saturated rings. The van der Waals surface area contributed by atoms with Crippen molar-refractivity contribution in [2.24, 2.45) is 5.73 Å². The van der Waals surface area contributed by atoms with Gasteiger partial charge in [-0.05, 0) is 60.2 Å². The number of carbonyl (C=O) groups is 1. The Morgan fingerprint density at radius 1 is 1.14 bits per heavy atom. The number of rotatable bonds is 6. The van der Waals surface area contributed by atoms with Gasteiger partial charge in [0.2, 0.25) is 0 Å². The van der Waals surface area contributed by atoms with Crippen molar-refractivity contribution in [3.8, 4) is 11.1 Å². The first-order chi connectivity index (χ1) is 16.8. The van der Waals surface area contributed by atoms with Gasteiger partial charge in [-0.25, -0.2) is 9.97 Å². The van der Waals surface area contributed by atoms with Crippen molar-refractivity contribution in [3.63, 3.8) is 0 Å². The molecule has 0 saturated carbocycles. The Labute approximate surface area is 201 Å². The van der Waals surface area contributed by atoms with Gasteiger partial charge in [-0.2, -0.15) is 13.2 Å². The highest BCUT2D eigenvalue weighted by Gasteiger charge is 2.31. The number of carbonyl (C=O) groups excluding carboxylic acids is 1. The van der Waals surface area contributed by atoms with Gasteiger partial charge in [-0.15, -0.1) is 0 Å². The number of hydrogen-bond donors (Lipinski definition) is 2. The largest absolute Gasteiger partial charge is 0.416 e. The van der Waals surface area contributed by atoms with Crippen LogP contribution in [0.5, 0.6) is 0 Å². The molecule has 1 atom stereocenters. The van der Waals surface area contributed by atoms with E-state index in [4.69, 9.17) is 10.5 Å². The second-order valence-corrected chi connectivity index (χ2v) is 8.58. The van der Waals surface area contributed by atoms with Crippen LogP contribution >= 0.6 is 0 Å². The monoisotopic (exact) mass is 484 g/mol. The van der Waals surface area contributed by atoms with Crippen LogP contribution in [0.1, 0.15) is 64.7 Å². The highest BCUT2D eigenvalue weighted by atomic mass is 19.4. The van der Waals surface area contributed by atoms with Gasteiger partial charge in [-0.3, -0.25) is 4.79 Å². The molecule has 1 amide bonds. The lowest BCUT2D eigenvalue weighted by Crippen LogP contribution is -2.28. The van der Waals surface area contributed by atoms with Crippen LogP contribution in [0.4, 0.5) is 13.2 Å². The average molecular weight is 485 g/mol. The van der Waals surface area contributed by atoms with Gasteiger partial charge in [0, 0.05) is 31.9 Å². The molecule has 35 heavy (non-hydrogen) atoms. The molecule has 1 aliphatic heterocycles. The SMILES string of the molecule is C[C@@H](NC(=O)c1ccnc(C2CCOCC2)n1)c1ccc(-c2cc(C(F)(F)F)ccc2CN)cc1. The predicted octanol–water partition coefficient (Wildman–Crippen LogP) is 5.01. The fraction of sp³-hybridized carbons (Fsp3) is 0.346. The Kier molecular flexibility index (Phi) is 7.47.